The van der Waals surface area contributed by atoms with Gasteiger partial charge in [0.05, 0.1) is 13.2 Å². The molecule has 0 aliphatic carbocycles. The van der Waals surface area contributed by atoms with Crippen LogP contribution in [-0.4, -0.2) is 50.7 Å². The molecule has 0 fully saturated rings. The number of halogens is 1. The largest absolute Gasteiger partial charge is 0.449 e. The molecule has 1 atom stereocenters. The molecule has 0 bridgehead atoms. The first kappa shape index (κ1) is 19.3. The van der Waals surface area contributed by atoms with Crippen molar-refractivity contribution in [2.45, 2.75) is 19.8 Å². The SMILES string of the molecule is COCCNC(=O)OCC(C)CC/C=C(/F)C(=O)NCO. The number of amides is 2. The van der Waals surface area contributed by atoms with E-state index in [1.807, 2.05) is 12.2 Å². The number of ether oxygens (including phenoxy) is 2. The van der Waals surface area contributed by atoms with Crippen molar-refractivity contribution >= 4 is 12.0 Å². The van der Waals surface area contributed by atoms with Crippen LogP contribution >= 0.6 is 0 Å². The summed E-state index contributed by atoms with van der Waals surface area (Å²) < 4.78 is 22.9. The van der Waals surface area contributed by atoms with Gasteiger partial charge in [0.25, 0.3) is 5.91 Å². The first-order chi connectivity index (χ1) is 10.0. The molecule has 2 amide bonds. The summed E-state index contributed by atoms with van der Waals surface area (Å²) in [6.45, 7) is 2.23. The van der Waals surface area contributed by atoms with E-state index in [0.717, 1.165) is 6.08 Å². The summed E-state index contributed by atoms with van der Waals surface area (Å²) >= 11 is 0. The number of carbonyl (C=O) groups excluding carboxylic acids is 2. The van der Waals surface area contributed by atoms with Gasteiger partial charge in [-0.15, -0.1) is 0 Å². The second-order valence-electron chi connectivity index (χ2n) is 4.42. The summed E-state index contributed by atoms with van der Waals surface area (Å²) in [6, 6.07) is 0. The Morgan fingerprint density at radius 2 is 2.10 bits per heavy atom. The molecule has 8 heteroatoms. The van der Waals surface area contributed by atoms with Gasteiger partial charge in [-0.3, -0.25) is 4.79 Å². The van der Waals surface area contributed by atoms with Gasteiger partial charge in [0.2, 0.25) is 0 Å². The lowest BCUT2D eigenvalue weighted by Gasteiger charge is -2.11. The Hall–Kier alpha value is -1.67. The van der Waals surface area contributed by atoms with E-state index >= 15 is 0 Å². The van der Waals surface area contributed by atoms with Crippen molar-refractivity contribution in [2.75, 3.05) is 33.6 Å². The zero-order valence-electron chi connectivity index (χ0n) is 12.4. The van der Waals surface area contributed by atoms with Crippen LogP contribution in [0.3, 0.4) is 0 Å². The van der Waals surface area contributed by atoms with Gasteiger partial charge in [-0.25, -0.2) is 9.18 Å². The van der Waals surface area contributed by atoms with Crippen LogP contribution in [0.2, 0.25) is 0 Å². The number of aliphatic hydroxyl groups is 1. The van der Waals surface area contributed by atoms with Crippen molar-refractivity contribution in [2.24, 2.45) is 5.92 Å². The fourth-order valence-electron chi connectivity index (χ4n) is 1.35. The monoisotopic (exact) mass is 306 g/mol. The Balaban J connectivity index is 3.80. The summed E-state index contributed by atoms with van der Waals surface area (Å²) in [5.41, 5.74) is 0. The summed E-state index contributed by atoms with van der Waals surface area (Å²) in [5.74, 6) is -1.85. The maximum absolute atomic E-state index is 13.2. The molecule has 1 unspecified atom stereocenters. The lowest BCUT2D eigenvalue weighted by molar-refractivity contribution is -0.119. The minimum absolute atomic E-state index is 0.0307. The van der Waals surface area contributed by atoms with E-state index < -0.39 is 24.6 Å². The summed E-state index contributed by atoms with van der Waals surface area (Å²) in [4.78, 5) is 22.2. The third kappa shape index (κ3) is 10.7. The molecule has 0 saturated heterocycles. The smallest absolute Gasteiger partial charge is 0.407 e. The van der Waals surface area contributed by atoms with E-state index in [9.17, 15) is 14.0 Å². The number of allylic oxidation sites excluding steroid dienone is 1. The van der Waals surface area contributed by atoms with Crippen LogP contribution in [0.25, 0.3) is 0 Å². The van der Waals surface area contributed by atoms with Gasteiger partial charge >= 0.3 is 6.09 Å². The Labute approximate surface area is 123 Å². The summed E-state index contributed by atoms with van der Waals surface area (Å²) in [7, 11) is 1.53. The molecule has 0 spiro atoms. The van der Waals surface area contributed by atoms with Crippen LogP contribution in [-0.2, 0) is 14.3 Å². The molecule has 0 aromatic carbocycles. The molecule has 0 radical (unpaired) electrons. The highest BCUT2D eigenvalue weighted by Gasteiger charge is 2.09. The van der Waals surface area contributed by atoms with Crippen LogP contribution in [0.1, 0.15) is 19.8 Å². The molecule has 7 nitrogen and oxygen atoms in total. The standard InChI is InChI=1S/C13H23FN2O5/c1-10(8-21-13(19)15-6-7-20-2)4-3-5-11(14)12(18)16-9-17/h5,10,17H,3-4,6-9H2,1-2H3,(H,15,19)(H,16,18)/b11-5+. The van der Waals surface area contributed by atoms with Gasteiger partial charge in [-0.1, -0.05) is 6.92 Å². The van der Waals surface area contributed by atoms with Gasteiger partial charge in [-0.05, 0) is 24.8 Å². The third-order valence-electron chi connectivity index (χ3n) is 2.51. The molecule has 21 heavy (non-hydrogen) atoms. The van der Waals surface area contributed by atoms with Gasteiger partial charge < -0.3 is 25.2 Å². The van der Waals surface area contributed by atoms with E-state index in [4.69, 9.17) is 14.6 Å². The third-order valence-corrected chi connectivity index (χ3v) is 2.51. The van der Waals surface area contributed by atoms with Crippen LogP contribution in [0.5, 0.6) is 0 Å². The molecule has 0 aliphatic heterocycles. The number of aliphatic hydroxyl groups excluding tert-OH is 1. The molecular formula is C13H23FN2O5. The minimum Gasteiger partial charge on any atom is -0.449 e. The Morgan fingerprint density at radius 3 is 2.71 bits per heavy atom. The van der Waals surface area contributed by atoms with E-state index in [0.29, 0.717) is 26.0 Å². The lowest BCUT2D eigenvalue weighted by atomic mass is 10.1. The maximum Gasteiger partial charge on any atom is 0.407 e. The Kier molecular flexibility index (Phi) is 11.1. The molecule has 122 valence electrons. The van der Waals surface area contributed by atoms with Crippen LogP contribution in [0.15, 0.2) is 11.9 Å². The Bertz CT molecular complexity index is 349. The van der Waals surface area contributed by atoms with Gasteiger partial charge in [0, 0.05) is 13.7 Å². The van der Waals surface area contributed by atoms with Crippen molar-refractivity contribution in [1.29, 1.82) is 0 Å². The predicted molar refractivity (Wildman–Crippen MR) is 74.0 cm³/mol. The lowest BCUT2D eigenvalue weighted by Crippen LogP contribution is -2.29. The molecule has 0 saturated carbocycles. The van der Waals surface area contributed by atoms with Crippen LogP contribution < -0.4 is 10.6 Å². The van der Waals surface area contributed by atoms with E-state index in [1.165, 1.54) is 7.11 Å². The molecule has 0 aromatic heterocycles. The highest BCUT2D eigenvalue weighted by Crippen LogP contribution is 2.09. The van der Waals surface area contributed by atoms with Crippen molar-refractivity contribution in [3.63, 3.8) is 0 Å². The minimum atomic E-state index is -0.945. The second kappa shape index (κ2) is 12.1. The number of rotatable bonds is 10. The van der Waals surface area contributed by atoms with E-state index in [1.54, 1.807) is 0 Å². The Morgan fingerprint density at radius 1 is 1.38 bits per heavy atom. The van der Waals surface area contributed by atoms with Crippen molar-refractivity contribution in [1.82, 2.24) is 10.6 Å². The van der Waals surface area contributed by atoms with Crippen molar-refractivity contribution in [3.05, 3.63) is 11.9 Å². The predicted octanol–water partition coefficient (Wildman–Crippen LogP) is 0.695. The molecule has 0 aromatic rings. The summed E-state index contributed by atoms with van der Waals surface area (Å²) in [6.07, 6.45) is 1.51. The highest BCUT2D eigenvalue weighted by atomic mass is 19.1. The first-order valence-electron chi connectivity index (χ1n) is 6.65. The quantitative estimate of drug-likeness (QED) is 0.313. The number of methoxy groups -OCH3 is 1. The fourth-order valence-corrected chi connectivity index (χ4v) is 1.35. The topological polar surface area (TPSA) is 96.9 Å². The van der Waals surface area contributed by atoms with Crippen LogP contribution in [0, 0.1) is 5.92 Å². The normalized spacial score (nSPS) is 12.7. The molecular weight excluding hydrogens is 283 g/mol. The number of nitrogens with one attached hydrogen (secondary N) is 2. The maximum atomic E-state index is 13.2. The highest BCUT2D eigenvalue weighted by molar-refractivity contribution is 5.90. The number of hydrogen-bond donors (Lipinski definition) is 3. The molecule has 0 aliphatic rings. The number of hydrogen-bond acceptors (Lipinski definition) is 5. The molecule has 0 rings (SSSR count). The number of carbonyl (C=O) groups is 2. The van der Waals surface area contributed by atoms with Crippen LogP contribution in [0.4, 0.5) is 9.18 Å². The molecule has 0 heterocycles. The summed E-state index contributed by atoms with van der Waals surface area (Å²) in [5, 5.41) is 12.9. The van der Waals surface area contributed by atoms with E-state index in [2.05, 4.69) is 5.32 Å². The average Bonchev–Trinajstić information content (AvgIpc) is 2.45. The molecule has 3 N–H and O–H groups in total. The van der Waals surface area contributed by atoms with Gasteiger partial charge in [0.1, 0.15) is 6.73 Å². The van der Waals surface area contributed by atoms with Gasteiger partial charge in [-0.2, -0.15) is 0 Å². The zero-order chi connectivity index (χ0) is 16.1. The van der Waals surface area contributed by atoms with Crippen molar-refractivity contribution in [3.8, 4) is 0 Å². The fraction of sp³-hybridized carbons (Fsp3) is 0.692. The van der Waals surface area contributed by atoms with E-state index in [-0.39, 0.29) is 12.5 Å². The first-order valence-corrected chi connectivity index (χ1v) is 6.65. The number of alkyl carbamates (subject to hydrolysis) is 1. The zero-order valence-corrected chi connectivity index (χ0v) is 12.4. The average molecular weight is 306 g/mol. The van der Waals surface area contributed by atoms with Gasteiger partial charge in [0.15, 0.2) is 5.83 Å². The second-order valence-corrected chi connectivity index (χ2v) is 4.42. The van der Waals surface area contributed by atoms with Crippen molar-refractivity contribution < 1.29 is 28.6 Å².